The maximum atomic E-state index is 13.0. The first-order chi connectivity index (χ1) is 19.5. The number of hydrogen-bond donors (Lipinski definition) is 1. The topological polar surface area (TPSA) is 90.1 Å². The van der Waals surface area contributed by atoms with Crippen molar-refractivity contribution in [3.05, 3.63) is 113 Å². The van der Waals surface area contributed by atoms with Gasteiger partial charge in [0.05, 0.1) is 23.4 Å². The van der Waals surface area contributed by atoms with Gasteiger partial charge in [-0.25, -0.2) is 9.78 Å². The number of piperazine rings is 1. The second-order valence-electron chi connectivity index (χ2n) is 10.4. The number of pyridine rings is 1. The number of hydrogen-bond acceptors (Lipinski definition) is 5. The highest BCUT2D eigenvalue weighted by Gasteiger charge is 2.33. The molecule has 1 fully saturated rings. The summed E-state index contributed by atoms with van der Waals surface area (Å²) in [5.74, 6) is 0.984. The molecule has 1 saturated heterocycles. The molecule has 2 aromatic heterocycles. The van der Waals surface area contributed by atoms with E-state index in [1.54, 1.807) is 24.3 Å². The van der Waals surface area contributed by atoms with Gasteiger partial charge in [0.15, 0.2) is 0 Å². The van der Waals surface area contributed by atoms with Crippen LogP contribution in [0.1, 0.15) is 45.4 Å². The predicted octanol–water partition coefficient (Wildman–Crippen LogP) is 5.26. The van der Waals surface area contributed by atoms with E-state index in [0.717, 1.165) is 36.7 Å². The van der Waals surface area contributed by atoms with Crippen LogP contribution in [0.15, 0.2) is 73.2 Å². The van der Waals surface area contributed by atoms with E-state index in [0.29, 0.717) is 24.3 Å². The van der Waals surface area contributed by atoms with Crippen LogP contribution in [0.3, 0.4) is 0 Å². The zero-order valence-electron chi connectivity index (χ0n) is 22.7. The summed E-state index contributed by atoms with van der Waals surface area (Å²) in [7, 11) is 0. The van der Waals surface area contributed by atoms with Crippen molar-refractivity contribution in [1.82, 2.24) is 24.3 Å². The fourth-order valence-electron chi connectivity index (χ4n) is 5.65. The maximum absolute atomic E-state index is 13.0. The Hall–Kier alpha value is -4.74. The second kappa shape index (κ2) is 10.8. The zero-order chi connectivity index (χ0) is 27.6. The van der Waals surface area contributed by atoms with Crippen LogP contribution in [0.25, 0.3) is 11.6 Å². The lowest BCUT2D eigenvalue weighted by molar-refractivity contribution is 0.125. The minimum absolute atomic E-state index is 0.0202. The van der Waals surface area contributed by atoms with Crippen LogP contribution in [0.4, 0.5) is 10.5 Å². The predicted molar refractivity (Wildman–Crippen MR) is 155 cm³/mol. The molecule has 2 aliphatic rings. The summed E-state index contributed by atoms with van der Waals surface area (Å²) in [6.45, 7) is 7.57. The van der Waals surface area contributed by atoms with Crippen molar-refractivity contribution in [1.29, 1.82) is 5.26 Å². The van der Waals surface area contributed by atoms with Gasteiger partial charge in [0.2, 0.25) is 0 Å². The number of aromatic nitrogens is 3. The Morgan fingerprint density at radius 3 is 2.55 bits per heavy atom. The third kappa shape index (κ3) is 4.99. The van der Waals surface area contributed by atoms with Crippen molar-refractivity contribution in [3.8, 4) is 6.07 Å². The summed E-state index contributed by atoms with van der Waals surface area (Å²) in [5.41, 5.74) is 8.34. The van der Waals surface area contributed by atoms with Crippen molar-refractivity contribution < 1.29 is 4.79 Å². The molecule has 0 saturated carbocycles. The Balaban J connectivity index is 1.27. The van der Waals surface area contributed by atoms with Gasteiger partial charge in [0.25, 0.3) is 0 Å². The molecule has 8 heteroatoms. The maximum Gasteiger partial charge on any atom is 0.321 e. The number of allylic oxidation sites excluding steroid dienone is 1. The minimum atomic E-state index is -0.126. The Bertz CT molecular complexity index is 1620. The van der Waals surface area contributed by atoms with Gasteiger partial charge in [-0.2, -0.15) is 5.26 Å². The smallest absolute Gasteiger partial charge is 0.321 e. The molecule has 1 aliphatic heterocycles. The molecule has 2 amide bonds. The molecule has 6 rings (SSSR count). The van der Waals surface area contributed by atoms with Crippen molar-refractivity contribution in [2.45, 2.75) is 26.4 Å². The third-order valence-corrected chi connectivity index (χ3v) is 7.81. The van der Waals surface area contributed by atoms with Crippen LogP contribution in [0, 0.1) is 25.2 Å². The molecule has 2 aromatic carbocycles. The monoisotopic (exact) mass is 529 g/mol. The number of rotatable bonds is 4. The fourth-order valence-corrected chi connectivity index (χ4v) is 5.65. The highest BCUT2D eigenvalue weighted by molar-refractivity contribution is 5.89. The molecule has 1 aliphatic carbocycles. The number of nitrogens with one attached hydrogen (secondary N) is 1. The van der Waals surface area contributed by atoms with Gasteiger partial charge in [-0.3, -0.25) is 9.88 Å². The Morgan fingerprint density at radius 2 is 1.82 bits per heavy atom. The quantitative estimate of drug-likeness (QED) is 0.390. The van der Waals surface area contributed by atoms with Gasteiger partial charge in [0.1, 0.15) is 5.82 Å². The summed E-state index contributed by atoms with van der Waals surface area (Å²) < 4.78 is 2.18. The summed E-state index contributed by atoms with van der Waals surface area (Å²) in [5, 5.41) is 12.0. The Morgan fingerprint density at radius 1 is 1.02 bits per heavy atom. The van der Waals surface area contributed by atoms with Crippen LogP contribution in [-0.4, -0.2) is 56.5 Å². The van der Waals surface area contributed by atoms with Crippen molar-refractivity contribution in [3.63, 3.8) is 0 Å². The summed E-state index contributed by atoms with van der Waals surface area (Å²) >= 11 is 0. The number of nitriles is 1. The second-order valence-corrected chi connectivity index (χ2v) is 10.4. The molecule has 8 nitrogen and oxygen atoms in total. The van der Waals surface area contributed by atoms with E-state index in [2.05, 4.69) is 63.1 Å². The molecule has 4 aromatic rings. The molecule has 0 radical (unpaired) electrons. The number of urea groups is 1. The lowest BCUT2D eigenvalue weighted by atomic mass is 9.92. The first-order valence-corrected chi connectivity index (χ1v) is 13.5. The SMILES string of the molecule is Cc1ccc2c(c1)C(Cn1ccnc1C)=Cc1cccnc1[C@H]2N1CCN(C(=O)Nc2ccc(C#N)cc2)CC1. The first-order valence-electron chi connectivity index (χ1n) is 13.5. The number of amides is 2. The van der Waals surface area contributed by atoms with Crippen LogP contribution in [0.2, 0.25) is 0 Å². The standard InChI is InChI=1S/C32H31N7O/c1-22-5-10-28-29(18-22)26(21-39-13-12-34-23(39)2)19-25-4-3-11-35-30(25)31(28)37-14-16-38(17-15-37)32(40)36-27-8-6-24(20-33)7-9-27/h3-13,18-19,31H,14-17,21H2,1-2H3,(H,36,40)/t31-/m0/s1. The van der Waals surface area contributed by atoms with Crippen molar-refractivity contribution >= 4 is 23.4 Å². The first kappa shape index (κ1) is 25.5. The number of carbonyl (C=O) groups is 1. The van der Waals surface area contributed by atoms with Crippen LogP contribution >= 0.6 is 0 Å². The molecule has 1 atom stereocenters. The largest absolute Gasteiger partial charge is 0.331 e. The van der Waals surface area contributed by atoms with Gasteiger partial charge in [-0.05, 0) is 72.5 Å². The van der Waals surface area contributed by atoms with Gasteiger partial charge in [-0.1, -0.05) is 29.8 Å². The van der Waals surface area contributed by atoms with Crippen molar-refractivity contribution in [2.24, 2.45) is 0 Å². The number of anilines is 1. The van der Waals surface area contributed by atoms with E-state index in [1.807, 2.05) is 36.5 Å². The fraction of sp³-hybridized carbons (Fsp3) is 0.250. The van der Waals surface area contributed by atoms with Crippen LogP contribution < -0.4 is 5.32 Å². The Kier molecular flexibility index (Phi) is 6.89. The number of nitrogens with zero attached hydrogens (tertiary/aromatic N) is 6. The number of benzene rings is 2. The summed E-state index contributed by atoms with van der Waals surface area (Å²) in [4.78, 5) is 26.7. The molecular weight excluding hydrogens is 498 g/mol. The van der Waals surface area contributed by atoms with Crippen LogP contribution in [-0.2, 0) is 6.54 Å². The van der Waals surface area contributed by atoms with Gasteiger partial charge in [0, 0.05) is 57.0 Å². The van der Waals surface area contributed by atoms with Crippen molar-refractivity contribution in [2.75, 3.05) is 31.5 Å². The highest BCUT2D eigenvalue weighted by atomic mass is 16.2. The van der Waals surface area contributed by atoms with E-state index < -0.39 is 0 Å². The van der Waals surface area contributed by atoms with E-state index in [4.69, 9.17) is 10.2 Å². The van der Waals surface area contributed by atoms with E-state index in [9.17, 15) is 4.79 Å². The normalized spacial score (nSPS) is 16.8. The molecular formula is C32H31N7O. The Labute approximate surface area is 234 Å². The van der Waals surface area contributed by atoms with E-state index in [1.165, 1.54) is 22.3 Å². The molecule has 0 unspecified atom stereocenters. The number of aryl methyl sites for hydroxylation is 2. The van der Waals surface area contributed by atoms with E-state index >= 15 is 0 Å². The van der Waals surface area contributed by atoms with Gasteiger partial charge >= 0.3 is 6.03 Å². The number of carbonyl (C=O) groups excluding carboxylic acids is 1. The van der Waals surface area contributed by atoms with E-state index in [-0.39, 0.29) is 12.1 Å². The molecule has 0 bridgehead atoms. The van der Waals surface area contributed by atoms with Gasteiger partial charge < -0.3 is 14.8 Å². The molecule has 3 heterocycles. The lowest BCUT2D eigenvalue weighted by Gasteiger charge is -2.39. The number of imidazole rings is 1. The average molecular weight is 530 g/mol. The molecule has 1 N–H and O–H groups in total. The van der Waals surface area contributed by atoms with Crippen LogP contribution in [0.5, 0.6) is 0 Å². The zero-order valence-corrected chi connectivity index (χ0v) is 22.7. The number of fused-ring (bicyclic) bond motifs is 2. The average Bonchev–Trinajstić information content (AvgIpc) is 3.33. The minimum Gasteiger partial charge on any atom is -0.331 e. The summed E-state index contributed by atoms with van der Waals surface area (Å²) in [6, 6.07) is 19.8. The summed E-state index contributed by atoms with van der Waals surface area (Å²) in [6.07, 6.45) is 8.03. The molecule has 200 valence electrons. The molecule has 40 heavy (non-hydrogen) atoms. The van der Waals surface area contributed by atoms with Gasteiger partial charge in [-0.15, -0.1) is 0 Å². The third-order valence-electron chi connectivity index (χ3n) is 7.81. The molecule has 0 spiro atoms. The lowest BCUT2D eigenvalue weighted by Crippen LogP contribution is -2.51. The highest BCUT2D eigenvalue weighted by Crippen LogP contribution is 2.40.